The summed E-state index contributed by atoms with van der Waals surface area (Å²) in [6, 6.07) is 8.51. The van der Waals surface area contributed by atoms with Gasteiger partial charge in [-0.15, -0.1) is 0 Å². The normalized spacial score (nSPS) is 15.2. The highest BCUT2D eigenvalue weighted by molar-refractivity contribution is 7.92. The van der Waals surface area contributed by atoms with Gasteiger partial charge in [-0.05, 0) is 55.2 Å². The minimum Gasteiger partial charge on any atom is -0.497 e. The molecule has 13 heteroatoms. The third-order valence-electron chi connectivity index (χ3n) is 7.05. The van der Waals surface area contributed by atoms with Gasteiger partial charge in [0.1, 0.15) is 18.3 Å². The van der Waals surface area contributed by atoms with E-state index in [0.29, 0.717) is 21.7 Å². The molecular weight excluding hydrogens is 583 g/mol. The van der Waals surface area contributed by atoms with Gasteiger partial charge in [-0.3, -0.25) is 13.9 Å². The van der Waals surface area contributed by atoms with Gasteiger partial charge in [0.25, 0.3) is 0 Å². The largest absolute Gasteiger partial charge is 0.497 e. The molecule has 41 heavy (non-hydrogen) atoms. The molecule has 1 N–H and O–H groups in total. The van der Waals surface area contributed by atoms with E-state index in [4.69, 9.17) is 16.3 Å². The van der Waals surface area contributed by atoms with Crippen LogP contribution in [0.1, 0.15) is 56.6 Å². The molecule has 2 aromatic rings. The summed E-state index contributed by atoms with van der Waals surface area (Å²) in [5.74, 6) is -0.604. The van der Waals surface area contributed by atoms with Crippen LogP contribution in [-0.2, 0) is 32.3 Å². The number of methoxy groups -OCH3 is 1. The molecule has 1 atom stereocenters. The van der Waals surface area contributed by atoms with Crippen LogP contribution in [0.3, 0.4) is 0 Å². The molecule has 2 aromatic carbocycles. The maximum absolute atomic E-state index is 13.8. The van der Waals surface area contributed by atoms with E-state index in [1.807, 2.05) is 0 Å². The number of carbonyl (C=O) groups excluding carboxylic acids is 2. The molecule has 1 aliphatic carbocycles. The number of alkyl halides is 3. The van der Waals surface area contributed by atoms with E-state index in [1.165, 1.54) is 12.0 Å². The molecule has 8 nitrogen and oxygen atoms in total. The summed E-state index contributed by atoms with van der Waals surface area (Å²) in [4.78, 5) is 28.6. The summed E-state index contributed by atoms with van der Waals surface area (Å²) in [5, 5.41) is 2.42. The molecule has 1 aliphatic rings. The number of benzene rings is 2. The van der Waals surface area contributed by atoms with Crippen molar-refractivity contribution in [2.24, 2.45) is 0 Å². The molecule has 2 amide bonds. The van der Waals surface area contributed by atoms with Gasteiger partial charge in [0.15, 0.2) is 0 Å². The monoisotopic (exact) mass is 617 g/mol. The fraction of sp³-hybridized carbons (Fsp3) is 0.500. The molecule has 1 fully saturated rings. The van der Waals surface area contributed by atoms with Crippen molar-refractivity contribution in [1.29, 1.82) is 0 Å². The Kier molecular flexibility index (Phi) is 10.9. The first-order chi connectivity index (χ1) is 19.2. The number of rotatable bonds is 11. The van der Waals surface area contributed by atoms with Crippen LogP contribution in [0.4, 0.5) is 18.9 Å². The van der Waals surface area contributed by atoms with E-state index in [9.17, 15) is 31.2 Å². The quantitative estimate of drug-likeness (QED) is 0.365. The third kappa shape index (κ3) is 8.75. The summed E-state index contributed by atoms with van der Waals surface area (Å²) in [7, 11) is -2.74. The fourth-order valence-electron chi connectivity index (χ4n) is 4.93. The lowest BCUT2D eigenvalue weighted by molar-refractivity contribution is -0.140. The summed E-state index contributed by atoms with van der Waals surface area (Å²) < 4.78 is 72.0. The lowest BCUT2D eigenvalue weighted by Gasteiger charge is -2.34. The van der Waals surface area contributed by atoms with Crippen LogP contribution >= 0.6 is 11.6 Å². The molecule has 0 heterocycles. The summed E-state index contributed by atoms with van der Waals surface area (Å²) in [6.45, 7) is 0.855. The molecule has 226 valence electrons. The predicted molar refractivity (Wildman–Crippen MR) is 151 cm³/mol. The van der Waals surface area contributed by atoms with E-state index in [1.54, 1.807) is 31.2 Å². The number of hydrogen-bond acceptors (Lipinski definition) is 5. The van der Waals surface area contributed by atoms with Crippen molar-refractivity contribution < 1.29 is 35.9 Å². The standard InChI is InChI=1S/C28H35ClF3N3O5S/c1-4-25(27(37)33-20-10-6-5-7-11-20)34(17-19-9-8-12-22(15-19)40-2)26(36)18-35(41(3,38)39)21-13-14-24(29)23(16-21)28(30,31)32/h8-9,12-16,20,25H,4-7,10-11,17-18H2,1-3H3,(H,33,37)/t25-/m0/s1. The number of nitrogens with one attached hydrogen (secondary N) is 1. The van der Waals surface area contributed by atoms with E-state index >= 15 is 0 Å². The Morgan fingerprint density at radius 1 is 1.12 bits per heavy atom. The van der Waals surface area contributed by atoms with E-state index in [-0.39, 0.29) is 30.6 Å². The number of amides is 2. The highest BCUT2D eigenvalue weighted by Crippen LogP contribution is 2.37. The van der Waals surface area contributed by atoms with Gasteiger partial charge in [-0.2, -0.15) is 13.2 Å². The molecular formula is C28H35ClF3N3O5S. The molecule has 0 bridgehead atoms. The number of sulfonamides is 1. The fourth-order valence-corrected chi connectivity index (χ4v) is 6.00. The summed E-state index contributed by atoms with van der Waals surface area (Å²) >= 11 is 5.73. The van der Waals surface area contributed by atoms with Gasteiger partial charge in [0.05, 0.1) is 29.6 Å². The molecule has 0 radical (unpaired) electrons. The minimum atomic E-state index is -4.84. The van der Waals surface area contributed by atoms with Crippen molar-refractivity contribution in [3.63, 3.8) is 0 Å². The Morgan fingerprint density at radius 3 is 2.39 bits per heavy atom. The number of nitrogens with zero attached hydrogens (tertiary/aromatic N) is 2. The molecule has 0 aromatic heterocycles. The second kappa shape index (κ2) is 13.8. The lowest BCUT2D eigenvalue weighted by Crippen LogP contribution is -2.54. The molecule has 3 rings (SSSR count). The second-order valence-corrected chi connectivity index (χ2v) is 12.4. The molecule has 1 saturated carbocycles. The van der Waals surface area contributed by atoms with E-state index < -0.39 is 45.3 Å². The molecule has 0 saturated heterocycles. The van der Waals surface area contributed by atoms with E-state index in [2.05, 4.69) is 5.32 Å². The molecule has 0 aliphatic heterocycles. The number of halogens is 4. The summed E-state index contributed by atoms with van der Waals surface area (Å²) in [5.41, 5.74) is -0.985. The van der Waals surface area contributed by atoms with Gasteiger partial charge >= 0.3 is 6.18 Å². The predicted octanol–water partition coefficient (Wildman–Crippen LogP) is 5.39. The average molecular weight is 618 g/mol. The first kappa shape index (κ1) is 32.5. The average Bonchev–Trinajstić information content (AvgIpc) is 2.91. The number of hydrogen-bond donors (Lipinski definition) is 1. The van der Waals surface area contributed by atoms with Crippen LogP contribution in [0, 0.1) is 0 Å². The zero-order valence-corrected chi connectivity index (χ0v) is 24.8. The van der Waals surface area contributed by atoms with Crippen LogP contribution in [0.15, 0.2) is 42.5 Å². The Bertz CT molecular complexity index is 1330. The van der Waals surface area contributed by atoms with Gasteiger partial charge < -0.3 is 15.0 Å². The van der Waals surface area contributed by atoms with Gasteiger partial charge in [-0.25, -0.2) is 8.42 Å². The third-order valence-corrected chi connectivity index (χ3v) is 8.52. The molecule has 0 unspecified atom stereocenters. The zero-order valence-electron chi connectivity index (χ0n) is 23.2. The Balaban J connectivity index is 1.98. The Labute approximate surface area is 243 Å². The second-order valence-electron chi connectivity index (χ2n) is 10.1. The SMILES string of the molecule is CC[C@@H](C(=O)NC1CCCCC1)N(Cc1cccc(OC)c1)C(=O)CN(c1ccc(Cl)c(C(F)(F)F)c1)S(C)(=O)=O. The van der Waals surface area contributed by atoms with Crippen molar-refractivity contribution in [2.45, 2.75) is 70.3 Å². The van der Waals surface area contributed by atoms with Crippen LogP contribution in [0.5, 0.6) is 5.75 Å². The van der Waals surface area contributed by atoms with Crippen molar-refractivity contribution in [3.8, 4) is 5.75 Å². The highest BCUT2D eigenvalue weighted by Gasteiger charge is 2.36. The topological polar surface area (TPSA) is 96.0 Å². The number of carbonyl (C=O) groups is 2. The van der Waals surface area contributed by atoms with Gasteiger partial charge in [0, 0.05) is 12.6 Å². The van der Waals surface area contributed by atoms with E-state index in [0.717, 1.165) is 50.5 Å². The lowest BCUT2D eigenvalue weighted by atomic mass is 9.95. The van der Waals surface area contributed by atoms with Crippen LogP contribution in [0.2, 0.25) is 5.02 Å². The smallest absolute Gasteiger partial charge is 0.417 e. The molecule has 0 spiro atoms. The van der Waals surface area contributed by atoms with Crippen LogP contribution < -0.4 is 14.4 Å². The van der Waals surface area contributed by atoms with Crippen molar-refractivity contribution in [3.05, 3.63) is 58.6 Å². The maximum Gasteiger partial charge on any atom is 0.417 e. The number of ether oxygens (including phenoxy) is 1. The highest BCUT2D eigenvalue weighted by atomic mass is 35.5. The van der Waals surface area contributed by atoms with Gasteiger partial charge in [-0.1, -0.05) is 49.9 Å². The maximum atomic E-state index is 13.8. The van der Waals surface area contributed by atoms with Crippen molar-refractivity contribution in [1.82, 2.24) is 10.2 Å². The minimum absolute atomic E-state index is 0.0264. The zero-order chi connectivity index (χ0) is 30.4. The van der Waals surface area contributed by atoms with Crippen molar-refractivity contribution in [2.75, 3.05) is 24.2 Å². The first-order valence-corrected chi connectivity index (χ1v) is 15.5. The number of anilines is 1. The van der Waals surface area contributed by atoms with Gasteiger partial charge in [0.2, 0.25) is 21.8 Å². The van der Waals surface area contributed by atoms with Crippen LogP contribution in [0.25, 0.3) is 0 Å². The Hall–Kier alpha value is -2.99. The first-order valence-electron chi connectivity index (χ1n) is 13.3. The van der Waals surface area contributed by atoms with Crippen LogP contribution in [-0.4, -0.2) is 57.1 Å². The van der Waals surface area contributed by atoms with Crippen molar-refractivity contribution >= 4 is 39.1 Å². The summed E-state index contributed by atoms with van der Waals surface area (Å²) in [6.07, 6.45) is 0.887. The Morgan fingerprint density at radius 2 is 1.80 bits per heavy atom.